The van der Waals surface area contributed by atoms with Crippen LogP contribution in [-0.2, 0) is 0 Å². The first kappa shape index (κ1) is 15.5. The SMILES string of the molecule is Cc1cc(C)cc(NC(=O)N2CCC[C@H]2c2ccc(F)cc2)c1. The summed E-state index contributed by atoms with van der Waals surface area (Å²) in [5.74, 6) is -0.252. The zero-order valence-corrected chi connectivity index (χ0v) is 13.5. The number of anilines is 1. The molecule has 120 valence electrons. The number of nitrogens with one attached hydrogen (secondary N) is 1. The van der Waals surface area contributed by atoms with E-state index in [1.165, 1.54) is 12.1 Å². The summed E-state index contributed by atoms with van der Waals surface area (Å²) in [6.45, 7) is 4.75. The Morgan fingerprint density at radius 2 is 1.78 bits per heavy atom. The third kappa shape index (κ3) is 3.52. The molecular weight excluding hydrogens is 291 g/mol. The molecule has 1 atom stereocenters. The molecule has 1 N–H and O–H groups in total. The molecule has 3 nitrogen and oxygen atoms in total. The van der Waals surface area contributed by atoms with Crippen molar-refractivity contribution in [2.45, 2.75) is 32.7 Å². The number of hydrogen-bond donors (Lipinski definition) is 1. The van der Waals surface area contributed by atoms with Gasteiger partial charge in [0.1, 0.15) is 5.82 Å². The molecule has 4 heteroatoms. The van der Waals surface area contributed by atoms with E-state index in [1.54, 1.807) is 12.1 Å². The van der Waals surface area contributed by atoms with E-state index in [0.29, 0.717) is 0 Å². The average Bonchev–Trinajstić information content (AvgIpc) is 2.96. The van der Waals surface area contributed by atoms with Gasteiger partial charge in [-0.05, 0) is 67.6 Å². The summed E-state index contributed by atoms with van der Waals surface area (Å²) >= 11 is 0. The van der Waals surface area contributed by atoms with Crippen molar-refractivity contribution in [3.63, 3.8) is 0 Å². The van der Waals surface area contributed by atoms with E-state index in [0.717, 1.165) is 41.8 Å². The molecule has 2 aromatic rings. The molecule has 1 fully saturated rings. The smallest absolute Gasteiger partial charge is 0.317 e. The van der Waals surface area contributed by atoms with Gasteiger partial charge in [-0.1, -0.05) is 18.2 Å². The van der Waals surface area contributed by atoms with Crippen LogP contribution in [0.1, 0.15) is 35.6 Å². The lowest BCUT2D eigenvalue weighted by atomic mass is 10.0. The first-order chi connectivity index (χ1) is 11.0. The van der Waals surface area contributed by atoms with Gasteiger partial charge in [-0.2, -0.15) is 0 Å². The number of rotatable bonds is 2. The zero-order chi connectivity index (χ0) is 16.4. The maximum atomic E-state index is 13.1. The van der Waals surface area contributed by atoms with Crippen LogP contribution in [-0.4, -0.2) is 17.5 Å². The minimum Gasteiger partial charge on any atom is -0.317 e. The summed E-state index contributed by atoms with van der Waals surface area (Å²) in [4.78, 5) is 14.5. The topological polar surface area (TPSA) is 32.3 Å². The Morgan fingerprint density at radius 3 is 2.43 bits per heavy atom. The van der Waals surface area contributed by atoms with Crippen molar-refractivity contribution in [3.05, 3.63) is 65.0 Å². The molecule has 0 radical (unpaired) electrons. The fourth-order valence-corrected chi connectivity index (χ4v) is 3.28. The molecule has 1 saturated heterocycles. The Bertz CT molecular complexity index is 692. The Balaban J connectivity index is 1.76. The van der Waals surface area contributed by atoms with Gasteiger partial charge in [-0.15, -0.1) is 0 Å². The van der Waals surface area contributed by atoms with Crippen molar-refractivity contribution < 1.29 is 9.18 Å². The Morgan fingerprint density at radius 1 is 1.13 bits per heavy atom. The van der Waals surface area contributed by atoms with Gasteiger partial charge in [-0.3, -0.25) is 0 Å². The monoisotopic (exact) mass is 312 g/mol. The summed E-state index contributed by atoms with van der Waals surface area (Å²) in [7, 11) is 0. The van der Waals surface area contributed by atoms with Crippen LogP contribution in [0.15, 0.2) is 42.5 Å². The van der Waals surface area contributed by atoms with Crippen molar-refractivity contribution in [1.29, 1.82) is 0 Å². The molecular formula is C19H21FN2O. The van der Waals surface area contributed by atoms with Gasteiger partial charge in [0, 0.05) is 12.2 Å². The second kappa shape index (κ2) is 6.41. The quantitative estimate of drug-likeness (QED) is 0.848. The molecule has 0 unspecified atom stereocenters. The van der Waals surface area contributed by atoms with Crippen molar-refractivity contribution in [2.24, 2.45) is 0 Å². The van der Waals surface area contributed by atoms with Crippen LogP contribution in [0.3, 0.4) is 0 Å². The number of benzene rings is 2. The van der Waals surface area contributed by atoms with Gasteiger partial charge in [0.2, 0.25) is 0 Å². The second-order valence-corrected chi connectivity index (χ2v) is 6.21. The Labute approximate surface area is 136 Å². The number of amides is 2. The predicted molar refractivity (Wildman–Crippen MR) is 90.0 cm³/mol. The number of carbonyl (C=O) groups excluding carboxylic acids is 1. The lowest BCUT2D eigenvalue weighted by molar-refractivity contribution is 0.207. The molecule has 1 heterocycles. The van der Waals surface area contributed by atoms with Gasteiger partial charge < -0.3 is 10.2 Å². The van der Waals surface area contributed by atoms with Gasteiger partial charge in [0.25, 0.3) is 0 Å². The Kier molecular flexibility index (Phi) is 4.33. The predicted octanol–water partition coefficient (Wildman–Crippen LogP) is 4.81. The van der Waals surface area contributed by atoms with Gasteiger partial charge in [0.15, 0.2) is 0 Å². The first-order valence-corrected chi connectivity index (χ1v) is 7.94. The van der Waals surface area contributed by atoms with E-state index < -0.39 is 0 Å². The van der Waals surface area contributed by atoms with Crippen LogP contribution in [0.25, 0.3) is 0 Å². The molecule has 1 aliphatic rings. The normalized spacial score (nSPS) is 17.3. The summed E-state index contributed by atoms with van der Waals surface area (Å²) in [5, 5.41) is 2.99. The number of aryl methyl sites for hydroxylation is 2. The van der Waals surface area contributed by atoms with Gasteiger partial charge in [0.05, 0.1) is 6.04 Å². The highest BCUT2D eigenvalue weighted by molar-refractivity contribution is 5.90. The molecule has 0 aromatic heterocycles. The third-order valence-electron chi connectivity index (χ3n) is 4.24. The second-order valence-electron chi connectivity index (χ2n) is 6.21. The fourth-order valence-electron chi connectivity index (χ4n) is 3.28. The van der Waals surface area contributed by atoms with Crippen LogP contribution in [0.2, 0.25) is 0 Å². The molecule has 3 rings (SSSR count). The van der Waals surface area contributed by atoms with Crippen LogP contribution < -0.4 is 5.32 Å². The van der Waals surface area contributed by atoms with E-state index >= 15 is 0 Å². The van der Waals surface area contributed by atoms with E-state index in [-0.39, 0.29) is 17.9 Å². The number of urea groups is 1. The molecule has 0 aliphatic carbocycles. The van der Waals surface area contributed by atoms with E-state index in [4.69, 9.17) is 0 Å². The van der Waals surface area contributed by atoms with Crippen molar-refractivity contribution in [1.82, 2.24) is 4.90 Å². The maximum Gasteiger partial charge on any atom is 0.322 e. The van der Waals surface area contributed by atoms with Gasteiger partial charge in [-0.25, -0.2) is 9.18 Å². The van der Waals surface area contributed by atoms with E-state index in [2.05, 4.69) is 11.4 Å². The highest BCUT2D eigenvalue weighted by atomic mass is 19.1. The molecule has 23 heavy (non-hydrogen) atoms. The number of halogens is 1. The average molecular weight is 312 g/mol. The molecule has 1 aliphatic heterocycles. The lowest BCUT2D eigenvalue weighted by Crippen LogP contribution is -2.34. The standard InChI is InChI=1S/C19H21FN2O/c1-13-10-14(2)12-17(11-13)21-19(23)22-9-3-4-18(22)15-5-7-16(20)8-6-15/h5-8,10-12,18H,3-4,9H2,1-2H3,(H,21,23)/t18-/m0/s1. The summed E-state index contributed by atoms with van der Waals surface area (Å²) in [5.41, 5.74) is 4.05. The molecule has 0 bridgehead atoms. The van der Waals surface area contributed by atoms with E-state index in [1.807, 2.05) is 30.9 Å². The van der Waals surface area contributed by atoms with Crippen LogP contribution in [0.5, 0.6) is 0 Å². The maximum absolute atomic E-state index is 13.1. The highest BCUT2D eigenvalue weighted by Gasteiger charge is 2.30. The molecule has 0 saturated carbocycles. The first-order valence-electron chi connectivity index (χ1n) is 7.94. The Hall–Kier alpha value is -2.36. The summed E-state index contributed by atoms with van der Waals surface area (Å²) < 4.78 is 13.1. The summed E-state index contributed by atoms with van der Waals surface area (Å²) in [6, 6.07) is 12.4. The molecule has 2 amide bonds. The van der Waals surface area contributed by atoms with Crippen molar-refractivity contribution in [2.75, 3.05) is 11.9 Å². The fraction of sp³-hybridized carbons (Fsp3) is 0.316. The minimum atomic E-state index is -0.252. The molecule has 0 spiro atoms. The van der Waals surface area contributed by atoms with Gasteiger partial charge >= 0.3 is 6.03 Å². The zero-order valence-electron chi connectivity index (χ0n) is 13.5. The van der Waals surface area contributed by atoms with Crippen molar-refractivity contribution >= 4 is 11.7 Å². The number of nitrogens with zero attached hydrogens (tertiary/aromatic N) is 1. The van der Waals surface area contributed by atoms with Crippen molar-refractivity contribution in [3.8, 4) is 0 Å². The van der Waals surface area contributed by atoms with Crippen LogP contribution in [0.4, 0.5) is 14.9 Å². The highest BCUT2D eigenvalue weighted by Crippen LogP contribution is 2.32. The van der Waals surface area contributed by atoms with Crippen LogP contribution >= 0.6 is 0 Å². The number of carbonyl (C=O) groups is 1. The molecule has 2 aromatic carbocycles. The number of likely N-dealkylation sites (tertiary alicyclic amines) is 1. The lowest BCUT2D eigenvalue weighted by Gasteiger charge is -2.25. The largest absolute Gasteiger partial charge is 0.322 e. The van der Waals surface area contributed by atoms with E-state index in [9.17, 15) is 9.18 Å². The van der Waals surface area contributed by atoms with Crippen LogP contribution in [0, 0.1) is 19.7 Å². The third-order valence-corrected chi connectivity index (χ3v) is 4.24. The minimum absolute atomic E-state index is 0.0153. The summed E-state index contributed by atoms with van der Waals surface area (Å²) in [6.07, 6.45) is 1.87. The number of hydrogen-bond acceptors (Lipinski definition) is 1.